The number of nitrogens with one attached hydrogen (secondary N) is 2. The monoisotopic (exact) mass is 430 g/mol. The van der Waals surface area contributed by atoms with Crippen molar-refractivity contribution in [2.24, 2.45) is 0 Å². The molecule has 0 heterocycles. The predicted molar refractivity (Wildman–Crippen MR) is 70.9 cm³/mol. The first kappa shape index (κ1) is 24.2. The molecule has 2 amide bonds. The smallest absolute Gasteiger partial charge is 0.471 e. The SMILES string of the molecule is O=C([O-])[C@@H](CSSC[C@@H](NC(=O)C(F)(F)F)C(=O)[O-])NC(=O)C(F)(F)F. The molecule has 0 aliphatic carbocycles. The lowest BCUT2D eigenvalue weighted by molar-refractivity contribution is -0.309. The number of carbonyl (C=O) groups excluding carboxylic acids is 4. The van der Waals surface area contributed by atoms with Crippen LogP contribution in [-0.2, 0) is 19.2 Å². The molecule has 0 bridgehead atoms. The fourth-order valence-corrected chi connectivity index (χ4v) is 3.35. The van der Waals surface area contributed by atoms with Gasteiger partial charge in [-0.1, -0.05) is 21.6 Å². The number of amides is 2. The number of halogens is 6. The van der Waals surface area contributed by atoms with E-state index in [-0.39, 0.29) is 0 Å². The van der Waals surface area contributed by atoms with Crippen LogP contribution >= 0.6 is 21.6 Å². The number of carbonyl (C=O) groups is 4. The summed E-state index contributed by atoms with van der Waals surface area (Å²) in [4.78, 5) is 42.6. The van der Waals surface area contributed by atoms with Crippen LogP contribution < -0.4 is 20.8 Å². The molecule has 0 aliphatic heterocycles. The minimum Gasteiger partial charge on any atom is -0.548 e. The molecule has 0 aromatic rings. The molecule has 0 saturated heterocycles. The third-order valence-electron chi connectivity index (χ3n) is 2.25. The van der Waals surface area contributed by atoms with Crippen LogP contribution in [0.4, 0.5) is 26.3 Å². The molecule has 2 N–H and O–H groups in total. The van der Waals surface area contributed by atoms with Crippen molar-refractivity contribution < 1.29 is 55.7 Å². The van der Waals surface area contributed by atoms with Crippen LogP contribution in [0.2, 0.25) is 0 Å². The third-order valence-corrected chi connectivity index (χ3v) is 4.67. The van der Waals surface area contributed by atoms with Gasteiger partial charge < -0.3 is 30.4 Å². The van der Waals surface area contributed by atoms with E-state index in [1.165, 1.54) is 0 Å². The van der Waals surface area contributed by atoms with Crippen LogP contribution in [-0.4, -0.2) is 59.7 Å². The lowest BCUT2D eigenvalue weighted by atomic mass is 10.3. The van der Waals surface area contributed by atoms with E-state index in [9.17, 15) is 55.7 Å². The zero-order chi connectivity index (χ0) is 20.7. The van der Waals surface area contributed by atoms with Gasteiger partial charge in [0, 0.05) is 11.5 Å². The summed E-state index contributed by atoms with van der Waals surface area (Å²) in [6.45, 7) is 0. The van der Waals surface area contributed by atoms with Crippen LogP contribution in [0.15, 0.2) is 0 Å². The number of rotatable bonds is 9. The minimum atomic E-state index is -5.35. The highest BCUT2D eigenvalue weighted by atomic mass is 33.1. The number of hydrogen-bond donors (Lipinski definition) is 2. The van der Waals surface area contributed by atoms with Gasteiger partial charge in [0.1, 0.15) is 0 Å². The van der Waals surface area contributed by atoms with Crippen molar-refractivity contribution in [3.63, 3.8) is 0 Å². The molecule has 2 atom stereocenters. The summed E-state index contributed by atoms with van der Waals surface area (Å²) in [5, 5.41) is 23.5. The van der Waals surface area contributed by atoms with Gasteiger partial charge >= 0.3 is 24.2 Å². The minimum absolute atomic E-state index is 0.413. The lowest BCUT2D eigenvalue weighted by Gasteiger charge is -2.22. The Morgan fingerprint density at radius 2 is 1.00 bits per heavy atom. The highest BCUT2D eigenvalue weighted by molar-refractivity contribution is 8.76. The molecule has 150 valence electrons. The van der Waals surface area contributed by atoms with Crippen molar-refractivity contribution in [2.45, 2.75) is 24.4 Å². The Bertz CT molecular complexity index is 507. The van der Waals surface area contributed by atoms with E-state index >= 15 is 0 Å². The van der Waals surface area contributed by atoms with Crippen LogP contribution in [0, 0.1) is 0 Å². The Labute approximate surface area is 148 Å². The molecule has 8 nitrogen and oxygen atoms in total. The lowest BCUT2D eigenvalue weighted by Crippen LogP contribution is -2.53. The number of aliphatic carboxylic acids is 2. The fraction of sp³-hybridized carbons (Fsp3) is 0.600. The maximum atomic E-state index is 12.0. The van der Waals surface area contributed by atoms with E-state index in [0.717, 1.165) is 10.6 Å². The summed E-state index contributed by atoms with van der Waals surface area (Å²) in [6.07, 6.45) is -10.7. The molecule has 0 fully saturated rings. The zero-order valence-electron chi connectivity index (χ0n) is 12.1. The maximum absolute atomic E-state index is 12.0. The zero-order valence-corrected chi connectivity index (χ0v) is 13.7. The first-order chi connectivity index (χ1) is 11.7. The van der Waals surface area contributed by atoms with E-state index in [1.807, 2.05) is 0 Å². The van der Waals surface area contributed by atoms with Crippen molar-refractivity contribution in [3.05, 3.63) is 0 Å². The molecule has 0 aromatic carbocycles. The molecular formula is C10H8F6N2O6S2-2. The van der Waals surface area contributed by atoms with Gasteiger partial charge in [0.05, 0.1) is 24.0 Å². The van der Waals surface area contributed by atoms with Gasteiger partial charge in [0.15, 0.2) is 0 Å². The van der Waals surface area contributed by atoms with Crippen LogP contribution in [0.25, 0.3) is 0 Å². The van der Waals surface area contributed by atoms with Gasteiger partial charge in [-0.05, 0) is 0 Å². The summed E-state index contributed by atoms with van der Waals surface area (Å²) in [5.41, 5.74) is 0. The number of alkyl halides is 6. The molecule has 0 aromatic heterocycles. The topological polar surface area (TPSA) is 138 Å². The van der Waals surface area contributed by atoms with Crippen molar-refractivity contribution in [3.8, 4) is 0 Å². The Hall–Kier alpha value is -1.84. The molecule has 0 spiro atoms. The number of carboxylic acids is 2. The van der Waals surface area contributed by atoms with Crippen molar-refractivity contribution in [1.82, 2.24) is 10.6 Å². The molecule has 0 radical (unpaired) electrons. The average Bonchev–Trinajstić information content (AvgIpc) is 2.45. The van der Waals surface area contributed by atoms with Crippen LogP contribution in [0.3, 0.4) is 0 Å². The van der Waals surface area contributed by atoms with Gasteiger partial charge in [-0.3, -0.25) is 9.59 Å². The second-order valence-electron chi connectivity index (χ2n) is 4.25. The Morgan fingerprint density at radius 1 is 0.731 bits per heavy atom. The standard InChI is InChI=1S/C10H10F6N2O6S2/c11-9(12,13)7(23)17-3(5(19)20)1-25-26-2-4(6(21)22)18-8(24)10(14,15)16/h3-4H,1-2H2,(H,17,23)(H,18,24)(H,19,20)(H,21,22)/p-2/t3-,4-/m1/s1. The second-order valence-corrected chi connectivity index (χ2v) is 6.81. The first-order valence-corrected chi connectivity index (χ1v) is 8.56. The van der Waals surface area contributed by atoms with Crippen LogP contribution in [0.5, 0.6) is 0 Å². The van der Waals surface area contributed by atoms with E-state index in [2.05, 4.69) is 0 Å². The predicted octanol–water partition coefficient (Wildman–Crippen LogP) is -2.04. The highest BCUT2D eigenvalue weighted by Crippen LogP contribution is 2.24. The summed E-state index contributed by atoms with van der Waals surface area (Å²) in [7, 11) is 0.825. The Balaban J connectivity index is 4.57. The van der Waals surface area contributed by atoms with Gasteiger partial charge in [-0.2, -0.15) is 26.3 Å². The molecule has 16 heteroatoms. The average molecular weight is 430 g/mol. The third kappa shape index (κ3) is 9.02. The molecule has 0 saturated carbocycles. The summed E-state index contributed by atoms with van der Waals surface area (Å²) in [5.74, 6) is -10.7. The molecule has 0 rings (SSSR count). The van der Waals surface area contributed by atoms with Gasteiger partial charge in [0.2, 0.25) is 0 Å². The van der Waals surface area contributed by atoms with Crippen molar-refractivity contribution in [2.75, 3.05) is 11.5 Å². The highest BCUT2D eigenvalue weighted by Gasteiger charge is 2.40. The molecule has 0 unspecified atom stereocenters. The quantitative estimate of drug-likeness (QED) is 0.243. The largest absolute Gasteiger partial charge is 0.548 e. The number of carboxylic acid groups (broad SMARTS) is 2. The maximum Gasteiger partial charge on any atom is 0.471 e. The van der Waals surface area contributed by atoms with Gasteiger partial charge in [0.25, 0.3) is 0 Å². The Morgan fingerprint density at radius 3 is 1.19 bits per heavy atom. The van der Waals surface area contributed by atoms with Gasteiger partial charge in [-0.15, -0.1) is 0 Å². The van der Waals surface area contributed by atoms with Gasteiger partial charge in [-0.25, -0.2) is 0 Å². The fourth-order valence-electron chi connectivity index (χ4n) is 1.05. The van der Waals surface area contributed by atoms with E-state index < -0.39 is 59.7 Å². The second kappa shape index (κ2) is 9.75. The van der Waals surface area contributed by atoms with Crippen LogP contribution in [0.1, 0.15) is 0 Å². The van der Waals surface area contributed by atoms with Crippen molar-refractivity contribution >= 4 is 45.3 Å². The Kier molecular flexibility index (Phi) is 9.06. The number of hydrogen-bond acceptors (Lipinski definition) is 8. The molecule has 0 aliphatic rings. The summed E-state index contributed by atoms with van der Waals surface area (Å²) in [6, 6.07) is -4.21. The normalized spacial score (nSPS) is 14.2. The van der Waals surface area contributed by atoms with E-state index in [0.29, 0.717) is 21.6 Å². The van der Waals surface area contributed by atoms with E-state index in [1.54, 1.807) is 0 Å². The summed E-state index contributed by atoms with van der Waals surface area (Å²) >= 11 is 0. The first-order valence-electron chi connectivity index (χ1n) is 6.07. The van der Waals surface area contributed by atoms with E-state index in [4.69, 9.17) is 0 Å². The molecule has 26 heavy (non-hydrogen) atoms. The summed E-state index contributed by atoms with van der Waals surface area (Å²) < 4.78 is 72.2. The van der Waals surface area contributed by atoms with Crippen molar-refractivity contribution in [1.29, 1.82) is 0 Å². The molecular weight excluding hydrogens is 422 g/mol.